The summed E-state index contributed by atoms with van der Waals surface area (Å²) in [5, 5.41) is 9.05. The second-order valence-corrected chi connectivity index (χ2v) is 3.64. The molecule has 6 heteroatoms. The largest absolute Gasteiger partial charge is 0.476 e. The van der Waals surface area contributed by atoms with Gasteiger partial charge in [0.25, 0.3) is 0 Å². The first-order chi connectivity index (χ1) is 8.13. The van der Waals surface area contributed by atoms with Crippen molar-refractivity contribution < 1.29 is 14.6 Å². The number of fused-ring (bicyclic) bond motifs is 1. The summed E-state index contributed by atoms with van der Waals surface area (Å²) in [6, 6.07) is 3.31. The van der Waals surface area contributed by atoms with Crippen molar-refractivity contribution in [3.8, 4) is 0 Å². The Morgan fingerprint density at radius 2 is 2.35 bits per heavy atom. The average molecular weight is 235 g/mol. The molecule has 0 unspecified atom stereocenters. The fourth-order valence-corrected chi connectivity index (χ4v) is 1.69. The van der Waals surface area contributed by atoms with Crippen LogP contribution < -0.4 is 5.73 Å². The van der Waals surface area contributed by atoms with Crippen LogP contribution in [0.5, 0.6) is 0 Å². The highest BCUT2D eigenvalue weighted by atomic mass is 16.5. The lowest BCUT2D eigenvalue weighted by atomic mass is 10.3. The summed E-state index contributed by atoms with van der Waals surface area (Å²) < 4.78 is 6.65. The monoisotopic (exact) mass is 235 g/mol. The molecule has 2 rings (SSSR count). The molecule has 0 amide bonds. The first kappa shape index (κ1) is 11.4. The molecule has 0 saturated carbocycles. The van der Waals surface area contributed by atoms with Gasteiger partial charge in [-0.25, -0.2) is 9.78 Å². The third-order valence-corrected chi connectivity index (χ3v) is 2.47. The number of hydrogen-bond acceptors (Lipinski definition) is 4. The maximum Gasteiger partial charge on any atom is 0.356 e. The van der Waals surface area contributed by atoms with Crippen LogP contribution in [0, 0.1) is 0 Å². The highest BCUT2D eigenvalue weighted by molar-refractivity contribution is 5.93. The molecule has 2 heterocycles. The van der Waals surface area contributed by atoms with Gasteiger partial charge in [-0.05, 0) is 12.1 Å². The third kappa shape index (κ3) is 2.07. The van der Waals surface area contributed by atoms with Gasteiger partial charge in [0.05, 0.1) is 12.1 Å². The van der Waals surface area contributed by atoms with Crippen molar-refractivity contribution >= 4 is 17.2 Å². The quantitative estimate of drug-likeness (QED) is 0.818. The molecule has 17 heavy (non-hydrogen) atoms. The Morgan fingerprint density at radius 3 is 3.00 bits per heavy atom. The predicted molar refractivity (Wildman–Crippen MR) is 62.1 cm³/mol. The SMILES string of the molecule is COCCc1nc(C(=O)O)c2ccc(N)cn12. The van der Waals surface area contributed by atoms with Gasteiger partial charge in [0.15, 0.2) is 5.69 Å². The molecule has 2 aromatic rings. The summed E-state index contributed by atoms with van der Waals surface area (Å²) in [5.41, 5.74) is 6.82. The van der Waals surface area contributed by atoms with E-state index in [0.29, 0.717) is 30.1 Å². The Balaban J connectivity index is 2.58. The van der Waals surface area contributed by atoms with Crippen LogP contribution in [0.25, 0.3) is 5.52 Å². The lowest BCUT2D eigenvalue weighted by Crippen LogP contribution is -2.01. The zero-order valence-corrected chi connectivity index (χ0v) is 9.38. The van der Waals surface area contributed by atoms with E-state index in [1.165, 1.54) is 0 Å². The first-order valence-electron chi connectivity index (χ1n) is 5.12. The van der Waals surface area contributed by atoms with E-state index in [0.717, 1.165) is 0 Å². The van der Waals surface area contributed by atoms with Gasteiger partial charge >= 0.3 is 5.97 Å². The molecule has 0 bridgehead atoms. The molecule has 0 aromatic carbocycles. The van der Waals surface area contributed by atoms with E-state index in [-0.39, 0.29) is 5.69 Å². The van der Waals surface area contributed by atoms with E-state index >= 15 is 0 Å². The van der Waals surface area contributed by atoms with Crippen LogP contribution in [0.3, 0.4) is 0 Å². The number of carbonyl (C=O) groups is 1. The van der Waals surface area contributed by atoms with E-state index < -0.39 is 5.97 Å². The summed E-state index contributed by atoms with van der Waals surface area (Å²) in [7, 11) is 1.59. The number of aromatic carboxylic acids is 1. The number of rotatable bonds is 4. The number of aromatic nitrogens is 2. The van der Waals surface area contributed by atoms with Crippen molar-refractivity contribution in [2.45, 2.75) is 6.42 Å². The van der Waals surface area contributed by atoms with E-state index in [9.17, 15) is 4.79 Å². The molecule has 0 fully saturated rings. The van der Waals surface area contributed by atoms with Crippen LogP contribution in [0.4, 0.5) is 5.69 Å². The molecule has 0 saturated heterocycles. The fourth-order valence-electron chi connectivity index (χ4n) is 1.69. The van der Waals surface area contributed by atoms with Gasteiger partial charge in [-0.15, -0.1) is 0 Å². The predicted octanol–water partition coefficient (Wildman–Crippen LogP) is 0.804. The van der Waals surface area contributed by atoms with E-state index in [4.69, 9.17) is 15.6 Å². The maximum absolute atomic E-state index is 11.0. The van der Waals surface area contributed by atoms with Crippen LogP contribution in [0.1, 0.15) is 16.3 Å². The summed E-state index contributed by atoms with van der Waals surface area (Å²) in [5.74, 6) is -0.414. The van der Waals surface area contributed by atoms with Crippen LogP contribution in [-0.2, 0) is 11.2 Å². The van der Waals surface area contributed by atoms with Gasteiger partial charge in [-0.1, -0.05) is 0 Å². The van der Waals surface area contributed by atoms with Crippen molar-refractivity contribution in [1.82, 2.24) is 9.38 Å². The Labute approximate surface area is 97.6 Å². The minimum absolute atomic E-state index is 0.0381. The van der Waals surface area contributed by atoms with Crippen molar-refractivity contribution in [3.63, 3.8) is 0 Å². The van der Waals surface area contributed by atoms with E-state index in [2.05, 4.69) is 4.98 Å². The number of methoxy groups -OCH3 is 1. The number of nitrogens with zero attached hydrogens (tertiary/aromatic N) is 2. The molecule has 0 aliphatic carbocycles. The third-order valence-electron chi connectivity index (χ3n) is 2.47. The molecule has 0 spiro atoms. The molecule has 0 radical (unpaired) electrons. The van der Waals surface area contributed by atoms with Gasteiger partial charge in [0, 0.05) is 25.4 Å². The molecule has 90 valence electrons. The summed E-state index contributed by atoms with van der Waals surface area (Å²) in [6.07, 6.45) is 2.20. The molecule has 2 aromatic heterocycles. The molecular formula is C11H13N3O3. The standard InChI is InChI=1S/C11H13N3O3/c1-17-5-4-9-13-10(11(15)16)8-3-2-7(12)6-14(8)9/h2-3,6H,4-5,12H2,1H3,(H,15,16). The molecule has 0 aliphatic rings. The molecular weight excluding hydrogens is 222 g/mol. The molecule has 0 aliphatic heterocycles. The van der Waals surface area contributed by atoms with Crippen LogP contribution >= 0.6 is 0 Å². The second kappa shape index (κ2) is 4.42. The Kier molecular flexibility index (Phi) is 2.97. The number of carboxylic acids is 1. The number of nitrogen functional groups attached to an aromatic ring is 1. The molecule has 3 N–H and O–H groups in total. The zero-order valence-electron chi connectivity index (χ0n) is 9.38. The van der Waals surface area contributed by atoms with Gasteiger partial charge in [-0.3, -0.25) is 0 Å². The number of imidazole rings is 1. The fraction of sp³-hybridized carbons (Fsp3) is 0.273. The van der Waals surface area contributed by atoms with Gasteiger partial charge in [-0.2, -0.15) is 0 Å². The highest BCUT2D eigenvalue weighted by Crippen LogP contribution is 2.16. The number of hydrogen-bond donors (Lipinski definition) is 2. The number of carboxylic acid groups (broad SMARTS) is 1. The Bertz CT molecular complexity index is 562. The second-order valence-electron chi connectivity index (χ2n) is 3.64. The summed E-state index contributed by atoms with van der Waals surface area (Å²) in [4.78, 5) is 15.1. The van der Waals surface area contributed by atoms with Gasteiger partial charge in [0.1, 0.15) is 5.82 Å². The lowest BCUT2D eigenvalue weighted by molar-refractivity contribution is 0.0693. The zero-order chi connectivity index (χ0) is 12.4. The van der Waals surface area contributed by atoms with Crippen LogP contribution in [-0.4, -0.2) is 34.2 Å². The smallest absolute Gasteiger partial charge is 0.356 e. The van der Waals surface area contributed by atoms with Crippen molar-refractivity contribution in [3.05, 3.63) is 29.8 Å². The van der Waals surface area contributed by atoms with Gasteiger partial charge in [0.2, 0.25) is 0 Å². The minimum atomic E-state index is -1.05. The topological polar surface area (TPSA) is 89.8 Å². The van der Waals surface area contributed by atoms with Gasteiger partial charge < -0.3 is 20.0 Å². The maximum atomic E-state index is 11.0. The molecule has 6 nitrogen and oxygen atoms in total. The Hall–Kier alpha value is -2.08. The number of anilines is 1. The highest BCUT2D eigenvalue weighted by Gasteiger charge is 2.16. The number of nitrogens with two attached hydrogens (primary N) is 1. The number of pyridine rings is 1. The first-order valence-corrected chi connectivity index (χ1v) is 5.12. The van der Waals surface area contributed by atoms with Crippen LogP contribution in [0.2, 0.25) is 0 Å². The van der Waals surface area contributed by atoms with Crippen molar-refractivity contribution in [1.29, 1.82) is 0 Å². The van der Waals surface area contributed by atoms with E-state index in [1.54, 1.807) is 29.8 Å². The minimum Gasteiger partial charge on any atom is -0.476 e. The summed E-state index contributed by atoms with van der Waals surface area (Å²) in [6.45, 7) is 0.479. The Morgan fingerprint density at radius 1 is 1.59 bits per heavy atom. The van der Waals surface area contributed by atoms with Crippen molar-refractivity contribution in [2.75, 3.05) is 19.5 Å². The summed E-state index contributed by atoms with van der Waals surface area (Å²) >= 11 is 0. The van der Waals surface area contributed by atoms with Crippen molar-refractivity contribution in [2.24, 2.45) is 0 Å². The number of ether oxygens (including phenoxy) is 1. The van der Waals surface area contributed by atoms with Crippen LogP contribution in [0.15, 0.2) is 18.3 Å². The lowest BCUT2D eigenvalue weighted by Gasteiger charge is -2.01. The van der Waals surface area contributed by atoms with E-state index in [1.807, 2.05) is 0 Å². The molecule has 0 atom stereocenters. The normalized spacial score (nSPS) is 10.9. The average Bonchev–Trinajstić information content (AvgIpc) is 2.64.